The number of hydrogen-bond donors (Lipinski definition) is 1. The van der Waals surface area contributed by atoms with Gasteiger partial charge in [-0.05, 0) is 86.4 Å². The summed E-state index contributed by atoms with van der Waals surface area (Å²) in [6.07, 6.45) is 1.94. The number of benzene rings is 3. The van der Waals surface area contributed by atoms with Gasteiger partial charge in [0.1, 0.15) is 5.82 Å². The van der Waals surface area contributed by atoms with Crippen molar-refractivity contribution in [3.63, 3.8) is 0 Å². The highest BCUT2D eigenvalue weighted by molar-refractivity contribution is 6.03. The summed E-state index contributed by atoms with van der Waals surface area (Å²) in [4.78, 5) is 17.5. The van der Waals surface area contributed by atoms with Gasteiger partial charge in [0.25, 0.3) is 0 Å². The average molecular weight is 455 g/mol. The zero-order valence-electron chi connectivity index (χ0n) is 19.2. The van der Waals surface area contributed by atoms with Crippen LogP contribution < -0.4 is 10.2 Å². The molecule has 0 aromatic heterocycles. The van der Waals surface area contributed by atoms with Crippen LogP contribution in [0.2, 0.25) is 0 Å². The highest BCUT2D eigenvalue weighted by Crippen LogP contribution is 2.47. The van der Waals surface area contributed by atoms with E-state index < -0.39 is 0 Å². The molecule has 5 rings (SSSR count). The predicted molar refractivity (Wildman–Crippen MR) is 131 cm³/mol. The Morgan fingerprint density at radius 3 is 2.44 bits per heavy atom. The van der Waals surface area contributed by atoms with Crippen LogP contribution in [0.5, 0.6) is 0 Å². The fraction of sp³-hybridized carbons (Fsp3) is 0.286. The number of aryl methyl sites for hydroxylation is 1. The second kappa shape index (κ2) is 8.92. The molecule has 34 heavy (non-hydrogen) atoms. The molecule has 6 heteroatoms. The summed E-state index contributed by atoms with van der Waals surface area (Å²) in [5, 5.41) is 11.9. The second-order valence-corrected chi connectivity index (χ2v) is 9.41. The van der Waals surface area contributed by atoms with Crippen molar-refractivity contribution in [3.05, 3.63) is 94.8 Å². The minimum Gasteiger partial charge on any atom is -0.308 e. The van der Waals surface area contributed by atoms with Gasteiger partial charge >= 0.3 is 6.03 Å². The summed E-state index contributed by atoms with van der Waals surface area (Å²) in [6, 6.07) is 22.0. The van der Waals surface area contributed by atoms with E-state index in [2.05, 4.69) is 35.3 Å². The molecule has 2 aliphatic rings. The minimum atomic E-state index is -0.327. The number of likely N-dealkylation sites (tertiary alicyclic amines) is 1. The number of carbonyl (C=O) groups excluding carboxylic acids is 1. The van der Waals surface area contributed by atoms with E-state index in [1.54, 1.807) is 12.1 Å². The maximum atomic E-state index is 13.3. The molecule has 1 N–H and O–H groups in total. The van der Waals surface area contributed by atoms with E-state index in [9.17, 15) is 9.18 Å². The van der Waals surface area contributed by atoms with Crippen LogP contribution >= 0.6 is 0 Å². The Labute approximate surface area is 199 Å². The third-order valence-corrected chi connectivity index (χ3v) is 7.12. The lowest BCUT2D eigenvalue weighted by Crippen LogP contribution is -2.46. The molecule has 0 aliphatic carbocycles. The van der Waals surface area contributed by atoms with E-state index in [-0.39, 0.29) is 17.3 Å². The summed E-state index contributed by atoms with van der Waals surface area (Å²) in [5.41, 5.74) is 5.81. The van der Waals surface area contributed by atoms with Gasteiger partial charge in [-0.1, -0.05) is 29.8 Å². The molecule has 3 aromatic carbocycles. The number of halogens is 1. The summed E-state index contributed by atoms with van der Waals surface area (Å²) in [7, 11) is 0. The minimum absolute atomic E-state index is 0.0668. The van der Waals surface area contributed by atoms with E-state index in [1.165, 1.54) is 28.8 Å². The lowest BCUT2D eigenvalue weighted by Gasteiger charge is -2.40. The molecule has 2 aliphatic heterocycles. The first-order chi connectivity index (χ1) is 16.5. The molecular formula is C28H27FN4O. The van der Waals surface area contributed by atoms with Gasteiger partial charge in [0.05, 0.1) is 11.6 Å². The van der Waals surface area contributed by atoms with Crippen LogP contribution in [-0.2, 0) is 12.0 Å². The number of fused-ring (bicyclic) bond motifs is 2. The maximum Gasteiger partial charge on any atom is 0.326 e. The normalized spacial score (nSPS) is 16.8. The molecule has 1 fully saturated rings. The van der Waals surface area contributed by atoms with E-state index in [1.807, 2.05) is 35.2 Å². The zero-order chi connectivity index (χ0) is 23.7. The van der Waals surface area contributed by atoms with Crippen LogP contribution in [0, 0.1) is 24.1 Å². The smallest absolute Gasteiger partial charge is 0.308 e. The number of nitrogens with one attached hydrogen (secondary N) is 1. The molecule has 1 spiro atoms. The SMILES string of the molecule is Cc1ccc2c(c1)C1(CCN(Cc3ccc(C#N)cc3)CC1)CN2C(=O)Nc1ccc(F)cc1. The Hall–Kier alpha value is -3.69. The van der Waals surface area contributed by atoms with Crippen molar-refractivity contribution in [1.82, 2.24) is 4.90 Å². The van der Waals surface area contributed by atoms with Gasteiger partial charge in [-0.3, -0.25) is 9.80 Å². The Kier molecular flexibility index (Phi) is 5.80. The van der Waals surface area contributed by atoms with Gasteiger partial charge in [-0.15, -0.1) is 0 Å². The number of piperidine rings is 1. The lowest BCUT2D eigenvalue weighted by molar-refractivity contribution is 0.160. The summed E-state index contributed by atoms with van der Waals surface area (Å²) in [5.74, 6) is -0.327. The highest BCUT2D eigenvalue weighted by atomic mass is 19.1. The van der Waals surface area contributed by atoms with Crippen LogP contribution in [0.15, 0.2) is 66.7 Å². The monoisotopic (exact) mass is 454 g/mol. The number of carbonyl (C=O) groups is 1. The van der Waals surface area contributed by atoms with Crippen LogP contribution in [0.3, 0.4) is 0 Å². The largest absolute Gasteiger partial charge is 0.326 e. The second-order valence-electron chi connectivity index (χ2n) is 9.41. The molecule has 2 amide bonds. The van der Waals surface area contributed by atoms with Crippen LogP contribution in [-0.4, -0.2) is 30.6 Å². The van der Waals surface area contributed by atoms with Crippen molar-refractivity contribution in [2.45, 2.75) is 31.7 Å². The van der Waals surface area contributed by atoms with E-state index in [0.717, 1.165) is 38.2 Å². The molecule has 5 nitrogen and oxygen atoms in total. The van der Waals surface area contributed by atoms with E-state index in [4.69, 9.17) is 5.26 Å². The standard InChI is InChI=1S/C28H27FN4O/c1-20-2-11-26-25(16-20)28(19-33(26)27(34)31-24-9-7-23(29)8-10-24)12-14-32(15-13-28)18-22-5-3-21(17-30)4-6-22/h2-11,16H,12-15,18-19H2,1H3,(H,31,34). The van der Waals surface area contributed by atoms with Gasteiger partial charge in [-0.2, -0.15) is 5.26 Å². The Morgan fingerprint density at radius 2 is 1.76 bits per heavy atom. The van der Waals surface area contributed by atoms with Crippen LogP contribution in [0.4, 0.5) is 20.6 Å². The van der Waals surface area contributed by atoms with Gasteiger partial charge in [-0.25, -0.2) is 9.18 Å². The maximum absolute atomic E-state index is 13.3. The topological polar surface area (TPSA) is 59.4 Å². The number of anilines is 2. The van der Waals surface area contributed by atoms with Crippen molar-refractivity contribution in [2.24, 2.45) is 0 Å². The number of amides is 2. The highest BCUT2D eigenvalue weighted by Gasteiger charge is 2.46. The third-order valence-electron chi connectivity index (χ3n) is 7.12. The molecule has 0 radical (unpaired) electrons. The molecule has 3 aromatic rings. The average Bonchev–Trinajstić information content (AvgIpc) is 3.16. The first-order valence-electron chi connectivity index (χ1n) is 11.6. The fourth-order valence-corrected chi connectivity index (χ4v) is 5.20. The molecule has 0 unspecified atom stereocenters. The first kappa shape index (κ1) is 22.1. The Balaban J connectivity index is 1.32. The number of urea groups is 1. The molecule has 0 saturated carbocycles. The van der Waals surface area contributed by atoms with Crippen molar-refractivity contribution >= 4 is 17.4 Å². The van der Waals surface area contributed by atoms with Gasteiger partial charge in [0, 0.05) is 29.9 Å². The quantitative estimate of drug-likeness (QED) is 0.561. The number of nitrogens with zero attached hydrogens (tertiary/aromatic N) is 3. The fourth-order valence-electron chi connectivity index (χ4n) is 5.20. The molecule has 1 saturated heterocycles. The van der Waals surface area contributed by atoms with E-state index in [0.29, 0.717) is 17.8 Å². The van der Waals surface area contributed by atoms with Gasteiger partial charge < -0.3 is 5.32 Å². The Morgan fingerprint density at radius 1 is 1.06 bits per heavy atom. The van der Waals surface area contributed by atoms with Crippen LogP contribution in [0.25, 0.3) is 0 Å². The van der Waals surface area contributed by atoms with Crippen molar-refractivity contribution in [2.75, 3.05) is 29.9 Å². The molecule has 2 heterocycles. The molecule has 0 bridgehead atoms. The number of rotatable bonds is 3. The lowest BCUT2D eigenvalue weighted by atomic mass is 9.74. The van der Waals surface area contributed by atoms with E-state index >= 15 is 0 Å². The van der Waals surface area contributed by atoms with Crippen molar-refractivity contribution < 1.29 is 9.18 Å². The summed E-state index contributed by atoms with van der Waals surface area (Å²) in [6.45, 7) is 5.48. The van der Waals surface area contributed by atoms with Gasteiger partial charge in [0.15, 0.2) is 0 Å². The molecule has 172 valence electrons. The number of nitriles is 1. The van der Waals surface area contributed by atoms with Crippen molar-refractivity contribution in [3.8, 4) is 6.07 Å². The molecular weight excluding hydrogens is 427 g/mol. The summed E-state index contributed by atoms with van der Waals surface area (Å²) >= 11 is 0. The van der Waals surface area contributed by atoms with Gasteiger partial charge in [0.2, 0.25) is 0 Å². The van der Waals surface area contributed by atoms with Crippen LogP contribution in [0.1, 0.15) is 35.1 Å². The predicted octanol–water partition coefficient (Wildman–Crippen LogP) is 5.59. The summed E-state index contributed by atoms with van der Waals surface area (Å²) < 4.78 is 13.3. The zero-order valence-corrected chi connectivity index (χ0v) is 19.2. The number of hydrogen-bond acceptors (Lipinski definition) is 3. The Bertz CT molecular complexity index is 1240. The first-order valence-corrected chi connectivity index (χ1v) is 11.6. The molecule has 0 atom stereocenters. The van der Waals surface area contributed by atoms with Crippen molar-refractivity contribution in [1.29, 1.82) is 5.26 Å². The third kappa shape index (κ3) is 4.27.